The Labute approximate surface area is 130 Å². The number of hydrazine groups is 1. The van der Waals surface area contributed by atoms with Crippen molar-refractivity contribution in [3.63, 3.8) is 0 Å². The fraction of sp³-hybridized carbons (Fsp3) is 0.600. The third-order valence-corrected chi connectivity index (χ3v) is 4.10. The molecule has 0 radical (unpaired) electrons. The van der Waals surface area contributed by atoms with Gasteiger partial charge in [0.25, 0.3) is 0 Å². The van der Waals surface area contributed by atoms with E-state index in [1.807, 2.05) is 18.3 Å². The summed E-state index contributed by atoms with van der Waals surface area (Å²) in [7, 11) is 0. The van der Waals surface area contributed by atoms with Gasteiger partial charge in [-0.05, 0) is 30.9 Å². The molecule has 1 aromatic rings. The van der Waals surface area contributed by atoms with Crippen LogP contribution < -0.4 is 26.4 Å². The second-order valence-corrected chi connectivity index (χ2v) is 5.86. The molecule has 0 unspecified atom stereocenters. The number of nitrogens with one attached hydrogen (secondary N) is 4. The van der Waals surface area contributed by atoms with Gasteiger partial charge in [-0.25, -0.2) is 9.78 Å². The third kappa shape index (κ3) is 4.08. The molecule has 3 rings (SSSR count). The fourth-order valence-corrected chi connectivity index (χ4v) is 2.82. The van der Waals surface area contributed by atoms with Crippen LogP contribution in [0.25, 0.3) is 0 Å². The van der Waals surface area contributed by atoms with Crippen molar-refractivity contribution in [3.8, 4) is 0 Å². The minimum atomic E-state index is -0.143. The molecule has 7 nitrogen and oxygen atoms in total. The van der Waals surface area contributed by atoms with E-state index in [0.717, 1.165) is 37.6 Å². The van der Waals surface area contributed by atoms with Crippen LogP contribution in [0.15, 0.2) is 18.3 Å². The van der Waals surface area contributed by atoms with Crippen LogP contribution in [0.2, 0.25) is 0 Å². The summed E-state index contributed by atoms with van der Waals surface area (Å²) in [4.78, 5) is 18.6. The standard InChI is InChI=1S/C15H24N6O/c22-15(20-13-10-18-19-11-13)17-9-12-4-5-14(16-8-12)21-6-2-1-3-7-21/h4-5,8,13,18-19H,1-3,6-7,9-11H2,(H2,17,20,22). The monoisotopic (exact) mass is 304 g/mol. The molecule has 0 atom stereocenters. The topological polar surface area (TPSA) is 81.3 Å². The van der Waals surface area contributed by atoms with Crippen molar-refractivity contribution in [2.75, 3.05) is 31.1 Å². The average molecular weight is 304 g/mol. The molecule has 1 aromatic heterocycles. The number of hydrogen-bond acceptors (Lipinski definition) is 5. The van der Waals surface area contributed by atoms with Crippen LogP contribution in [0.4, 0.5) is 10.6 Å². The average Bonchev–Trinajstić information content (AvgIpc) is 3.07. The molecule has 0 saturated carbocycles. The molecule has 0 spiro atoms. The van der Waals surface area contributed by atoms with Gasteiger partial charge in [0.1, 0.15) is 5.82 Å². The van der Waals surface area contributed by atoms with E-state index < -0.39 is 0 Å². The van der Waals surface area contributed by atoms with Gasteiger partial charge in [-0.1, -0.05) is 6.07 Å². The molecular formula is C15H24N6O. The van der Waals surface area contributed by atoms with E-state index in [1.54, 1.807) is 0 Å². The van der Waals surface area contributed by atoms with Crippen molar-refractivity contribution < 1.29 is 4.79 Å². The molecular weight excluding hydrogens is 280 g/mol. The van der Waals surface area contributed by atoms with Crippen molar-refractivity contribution in [2.24, 2.45) is 0 Å². The first-order valence-corrected chi connectivity index (χ1v) is 8.01. The summed E-state index contributed by atoms with van der Waals surface area (Å²) in [6.07, 6.45) is 5.66. The van der Waals surface area contributed by atoms with Crippen LogP contribution in [-0.2, 0) is 6.54 Å². The van der Waals surface area contributed by atoms with Crippen LogP contribution >= 0.6 is 0 Å². The molecule has 0 bridgehead atoms. The van der Waals surface area contributed by atoms with Crippen molar-refractivity contribution >= 4 is 11.8 Å². The van der Waals surface area contributed by atoms with Gasteiger partial charge in [0, 0.05) is 38.9 Å². The van der Waals surface area contributed by atoms with E-state index >= 15 is 0 Å². The number of carbonyl (C=O) groups is 1. The summed E-state index contributed by atoms with van der Waals surface area (Å²) in [5.41, 5.74) is 6.98. The minimum Gasteiger partial charge on any atom is -0.357 e. The highest BCUT2D eigenvalue weighted by atomic mass is 16.2. The largest absolute Gasteiger partial charge is 0.357 e. The molecule has 2 aliphatic heterocycles. The molecule has 2 fully saturated rings. The lowest BCUT2D eigenvalue weighted by Gasteiger charge is -2.27. The molecule has 2 amide bonds. The Hall–Kier alpha value is -1.86. The van der Waals surface area contributed by atoms with Gasteiger partial charge in [-0.15, -0.1) is 0 Å². The van der Waals surface area contributed by atoms with Gasteiger partial charge >= 0.3 is 6.03 Å². The van der Waals surface area contributed by atoms with Crippen LogP contribution in [-0.4, -0.2) is 43.2 Å². The quantitative estimate of drug-likeness (QED) is 0.645. The molecule has 2 aliphatic rings. The minimum absolute atomic E-state index is 0.139. The summed E-state index contributed by atoms with van der Waals surface area (Å²) < 4.78 is 0. The predicted molar refractivity (Wildman–Crippen MR) is 85.5 cm³/mol. The number of anilines is 1. The number of pyridine rings is 1. The molecule has 7 heteroatoms. The van der Waals surface area contributed by atoms with Crippen molar-refractivity contribution in [3.05, 3.63) is 23.9 Å². The lowest BCUT2D eigenvalue weighted by Crippen LogP contribution is -2.44. The summed E-state index contributed by atoms with van der Waals surface area (Å²) in [6, 6.07) is 4.08. The maximum Gasteiger partial charge on any atom is 0.315 e. The Bertz CT molecular complexity index is 479. The van der Waals surface area contributed by atoms with E-state index in [4.69, 9.17) is 0 Å². The smallest absolute Gasteiger partial charge is 0.315 e. The lowest BCUT2D eigenvalue weighted by atomic mass is 10.1. The first kappa shape index (κ1) is 15.1. The zero-order valence-corrected chi connectivity index (χ0v) is 12.8. The van der Waals surface area contributed by atoms with Gasteiger partial charge in [-0.3, -0.25) is 10.9 Å². The number of amides is 2. The van der Waals surface area contributed by atoms with Gasteiger partial charge in [0.05, 0.1) is 6.04 Å². The summed E-state index contributed by atoms with van der Waals surface area (Å²) in [5, 5.41) is 5.77. The fourth-order valence-electron chi connectivity index (χ4n) is 2.82. The number of urea groups is 1. The van der Waals surface area contributed by atoms with Crippen molar-refractivity contribution in [1.82, 2.24) is 26.5 Å². The SMILES string of the molecule is O=C(NCc1ccc(N2CCCCC2)nc1)NC1CNNC1. The van der Waals surface area contributed by atoms with E-state index in [1.165, 1.54) is 19.3 Å². The highest BCUT2D eigenvalue weighted by Gasteiger charge is 2.16. The van der Waals surface area contributed by atoms with E-state index in [2.05, 4.69) is 31.4 Å². The number of aromatic nitrogens is 1. The molecule has 2 saturated heterocycles. The first-order chi connectivity index (χ1) is 10.8. The molecule has 0 aromatic carbocycles. The van der Waals surface area contributed by atoms with Crippen LogP contribution in [0.5, 0.6) is 0 Å². The maximum atomic E-state index is 11.8. The van der Waals surface area contributed by atoms with Crippen molar-refractivity contribution in [1.29, 1.82) is 0 Å². The maximum absolute atomic E-state index is 11.8. The Kier molecular flexibility index (Phi) is 5.07. The summed E-state index contributed by atoms with van der Waals surface area (Å²) in [5.74, 6) is 1.04. The van der Waals surface area contributed by atoms with Gasteiger partial charge in [-0.2, -0.15) is 0 Å². The van der Waals surface area contributed by atoms with Crippen LogP contribution in [0.3, 0.4) is 0 Å². The van der Waals surface area contributed by atoms with Gasteiger partial charge < -0.3 is 15.5 Å². The highest BCUT2D eigenvalue weighted by Crippen LogP contribution is 2.17. The lowest BCUT2D eigenvalue weighted by molar-refractivity contribution is 0.238. The van der Waals surface area contributed by atoms with E-state index in [9.17, 15) is 4.79 Å². The van der Waals surface area contributed by atoms with Crippen LogP contribution in [0.1, 0.15) is 24.8 Å². The molecule has 3 heterocycles. The number of piperidine rings is 1. The number of rotatable bonds is 4. The first-order valence-electron chi connectivity index (χ1n) is 8.01. The molecule has 0 aliphatic carbocycles. The van der Waals surface area contributed by atoms with Gasteiger partial charge in [0.2, 0.25) is 0 Å². The number of hydrogen-bond donors (Lipinski definition) is 4. The Balaban J connectivity index is 1.45. The van der Waals surface area contributed by atoms with Crippen molar-refractivity contribution in [2.45, 2.75) is 31.8 Å². The Morgan fingerprint density at radius 2 is 2.00 bits per heavy atom. The second kappa shape index (κ2) is 7.42. The third-order valence-electron chi connectivity index (χ3n) is 4.10. The Morgan fingerprint density at radius 3 is 2.68 bits per heavy atom. The van der Waals surface area contributed by atoms with E-state index in [0.29, 0.717) is 6.54 Å². The highest BCUT2D eigenvalue weighted by molar-refractivity contribution is 5.74. The zero-order chi connectivity index (χ0) is 15.2. The number of carbonyl (C=O) groups excluding carboxylic acids is 1. The zero-order valence-electron chi connectivity index (χ0n) is 12.8. The predicted octanol–water partition coefficient (Wildman–Crippen LogP) is 0.348. The Morgan fingerprint density at radius 1 is 1.23 bits per heavy atom. The summed E-state index contributed by atoms with van der Waals surface area (Å²) >= 11 is 0. The van der Waals surface area contributed by atoms with Gasteiger partial charge in [0.15, 0.2) is 0 Å². The molecule has 4 N–H and O–H groups in total. The summed E-state index contributed by atoms with van der Waals surface area (Å²) in [6.45, 7) is 4.18. The van der Waals surface area contributed by atoms with Crippen LogP contribution in [0, 0.1) is 0 Å². The molecule has 22 heavy (non-hydrogen) atoms. The second-order valence-electron chi connectivity index (χ2n) is 5.86. The normalized spacial score (nSPS) is 19.2. The van der Waals surface area contributed by atoms with E-state index in [-0.39, 0.29) is 12.1 Å². The number of nitrogens with zero attached hydrogens (tertiary/aromatic N) is 2. The molecule has 120 valence electrons.